The molecule has 0 saturated heterocycles. The number of carboxylic acids is 1. The predicted molar refractivity (Wildman–Crippen MR) is 103 cm³/mol. The monoisotopic (exact) mass is 341 g/mol. The van der Waals surface area contributed by atoms with E-state index in [-0.39, 0.29) is 0 Å². The first-order valence-electron chi connectivity index (χ1n) is 8.34. The maximum absolute atomic E-state index is 12.2. The Labute approximate surface area is 153 Å². The van der Waals surface area contributed by atoms with Crippen molar-refractivity contribution in [1.29, 1.82) is 0 Å². The van der Waals surface area contributed by atoms with Crippen molar-refractivity contribution in [3.63, 3.8) is 0 Å². The van der Waals surface area contributed by atoms with Crippen LogP contribution >= 0.6 is 0 Å². The molecule has 3 heteroatoms. The summed E-state index contributed by atoms with van der Waals surface area (Å²) in [7, 11) is 0. The number of carbonyl (C=O) groups is 1. The first-order valence-corrected chi connectivity index (χ1v) is 8.34. The molecule has 3 nitrogen and oxygen atoms in total. The van der Waals surface area contributed by atoms with Crippen LogP contribution in [0.2, 0.25) is 0 Å². The molecule has 0 amide bonds. The van der Waals surface area contributed by atoms with Crippen molar-refractivity contribution in [2.24, 2.45) is 0 Å². The van der Waals surface area contributed by atoms with E-state index < -0.39 is 11.4 Å². The summed E-state index contributed by atoms with van der Waals surface area (Å²) in [5, 5.41) is 9.99. The van der Waals surface area contributed by atoms with Crippen LogP contribution in [-0.4, -0.2) is 16.1 Å². The van der Waals surface area contributed by atoms with E-state index in [1.807, 2.05) is 55.5 Å². The zero-order valence-corrected chi connectivity index (χ0v) is 14.7. The highest BCUT2D eigenvalue weighted by molar-refractivity contribution is 5.89. The number of rotatable bonds is 3. The molecule has 0 fully saturated rings. The van der Waals surface area contributed by atoms with Crippen molar-refractivity contribution < 1.29 is 9.90 Å². The third kappa shape index (κ3) is 3.36. The van der Waals surface area contributed by atoms with Gasteiger partial charge in [0.05, 0.1) is 0 Å². The number of aryl methyl sites for hydroxylation is 1. The average molecular weight is 341 g/mol. The van der Waals surface area contributed by atoms with E-state index in [0.29, 0.717) is 5.56 Å². The Hall–Kier alpha value is -3.38. The van der Waals surface area contributed by atoms with Crippen LogP contribution in [0, 0.1) is 18.8 Å². The lowest BCUT2D eigenvalue weighted by Gasteiger charge is -2.23. The molecule has 1 N–H and O–H groups in total. The molecule has 1 heterocycles. The van der Waals surface area contributed by atoms with Crippen LogP contribution in [0.3, 0.4) is 0 Å². The minimum Gasteiger partial charge on any atom is -0.480 e. The molecule has 0 aliphatic heterocycles. The van der Waals surface area contributed by atoms with Crippen molar-refractivity contribution in [2.45, 2.75) is 19.3 Å². The molecule has 26 heavy (non-hydrogen) atoms. The number of aliphatic carboxylic acids is 1. The molecule has 1 aromatic heterocycles. The van der Waals surface area contributed by atoms with Crippen molar-refractivity contribution in [1.82, 2.24) is 4.98 Å². The lowest BCUT2D eigenvalue weighted by atomic mass is 9.78. The molecular formula is C23H19NO2. The van der Waals surface area contributed by atoms with Gasteiger partial charge in [0.2, 0.25) is 0 Å². The van der Waals surface area contributed by atoms with Crippen molar-refractivity contribution in [3.05, 3.63) is 89.7 Å². The second-order valence-corrected chi connectivity index (χ2v) is 6.28. The van der Waals surface area contributed by atoms with Gasteiger partial charge in [0, 0.05) is 18.0 Å². The van der Waals surface area contributed by atoms with Crippen LogP contribution in [-0.2, 0) is 10.2 Å². The van der Waals surface area contributed by atoms with Gasteiger partial charge in [0.15, 0.2) is 5.41 Å². The van der Waals surface area contributed by atoms with E-state index in [9.17, 15) is 9.90 Å². The van der Waals surface area contributed by atoms with E-state index in [1.54, 1.807) is 31.5 Å². The van der Waals surface area contributed by atoms with Crippen LogP contribution in [0.4, 0.5) is 0 Å². The highest BCUT2D eigenvalue weighted by Gasteiger charge is 2.35. The van der Waals surface area contributed by atoms with E-state index in [2.05, 4.69) is 16.8 Å². The fraction of sp³-hybridized carbons (Fsp3) is 0.130. The van der Waals surface area contributed by atoms with Crippen LogP contribution in [0.1, 0.15) is 23.6 Å². The Bertz CT molecular complexity index is 999. The Kier molecular flexibility index (Phi) is 4.86. The second-order valence-electron chi connectivity index (χ2n) is 6.28. The molecule has 0 radical (unpaired) electrons. The maximum atomic E-state index is 12.2. The van der Waals surface area contributed by atoms with E-state index in [0.717, 1.165) is 22.3 Å². The SMILES string of the molecule is Cc1ccccc1-c1ccccc1C(C)(C#Cc1ccncc1)C(=O)O. The summed E-state index contributed by atoms with van der Waals surface area (Å²) >= 11 is 0. The fourth-order valence-electron chi connectivity index (χ4n) is 2.90. The van der Waals surface area contributed by atoms with Crippen molar-refractivity contribution >= 4 is 5.97 Å². The first-order chi connectivity index (χ1) is 12.5. The summed E-state index contributed by atoms with van der Waals surface area (Å²) in [5.41, 5.74) is 3.09. The number of carboxylic acid groups (broad SMARTS) is 1. The zero-order valence-electron chi connectivity index (χ0n) is 14.7. The smallest absolute Gasteiger partial charge is 0.326 e. The van der Waals surface area contributed by atoms with E-state index in [1.165, 1.54) is 0 Å². The normalized spacial score (nSPS) is 12.5. The molecule has 0 saturated carbocycles. The van der Waals surface area contributed by atoms with Gasteiger partial charge in [0.1, 0.15) is 0 Å². The molecule has 0 spiro atoms. The van der Waals surface area contributed by atoms with Gasteiger partial charge in [-0.2, -0.15) is 0 Å². The van der Waals surface area contributed by atoms with Gasteiger partial charge in [-0.15, -0.1) is 0 Å². The lowest BCUT2D eigenvalue weighted by molar-refractivity contribution is -0.140. The number of hydrogen-bond acceptors (Lipinski definition) is 2. The first kappa shape index (κ1) is 17.4. The summed E-state index contributed by atoms with van der Waals surface area (Å²) in [4.78, 5) is 16.2. The molecule has 0 aliphatic rings. The molecule has 0 bridgehead atoms. The fourth-order valence-corrected chi connectivity index (χ4v) is 2.90. The molecule has 128 valence electrons. The number of pyridine rings is 1. The van der Waals surface area contributed by atoms with Crippen LogP contribution < -0.4 is 0 Å². The zero-order chi connectivity index (χ0) is 18.6. The number of nitrogens with zero attached hydrogens (tertiary/aromatic N) is 1. The average Bonchev–Trinajstić information content (AvgIpc) is 2.67. The summed E-state index contributed by atoms with van der Waals surface area (Å²) in [6.45, 7) is 3.67. The molecule has 3 aromatic rings. The second kappa shape index (κ2) is 7.25. The number of aromatic nitrogens is 1. The minimum atomic E-state index is -1.33. The third-order valence-corrected chi connectivity index (χ3v) is 4.47. The van der Waals surface area contributed by atoms with Gasteiger partial charge in [-0.3, -0.25) is 9.78 Å². The standard InChI is InChI=1S/C23H19NO2/c1-17-7-3-4-8-19(17)20-9-5-6-10-21(20)23(2,22(25)26)14-11-18-12-15-24-16-13-18/h3-10,12-13,15-16H,1-2H3,(H,25,26). The van der Waals surface area contributed by atoms with Gasteiger partial charge in [-0.25, -0.2) is 0 Å². The number of benzene rings is 2. The minimum absolute atomic E-state index is 0.684. The summed E-state index contributed by atoms with van der Waals surface area (Å²) in [5.74, 6) is 5.00. The van der Waals surface area contributed by atoms with Gasteiger partial charge in [0.25, 0.3) is 0 Å². The molecular weight excluding hydrogens is 322 g/mol. The predicted octanol–water partition coefficient (Wildman–Crippen LogP) is 4.45. The topological polar surface area (TPSA) is 50.2 Å². The Balaban J connectivity index is 2.18. The molecule has 0 aliphatic carbocycles. The largest absolute Gasteiger partial charge is 0.480 e. The highest BCUT2D eigenvalue weighted by Crippen LogP contribution is 2.35. The summed E-state index contributed by atoms with van der Waals surface area (Å²) in [6.07, 6.45) is 3.28. The Morgan fingerprint density at radius 2 is 1.58 bits per heavy atom. The number of hydrogen-bond donors (Lipinski definition) is 1. The van der Waals surface area contributed by atoms with Gasteiger partial charge >= 0.3 is 5.97 Å². The van der Waals surface area contributed by atoms with Crippen LogP contribution in [0.25, 0.3) is 11.1 Å². The maximum Gasteiger partial charge on any atom is 0.326 e. The quantitative estimate of drug-likeness (QED) is 0.716. The summed E-state index contributed by atoms with van der Waals surface area (Å²) < 4.78 is 0. The van der Waals surface area contributed by atoms with Gasteiger partial charge < -0.3 is 5.11 Å². The van der Waals surface area contributed by atoms with Gasteiger partial charge in [-0.05, 0) is 48.2 Å². The van der Waals surface area contributed by atoms with Crippen molar-refractivity contribution in [2.75, 3.05) is 0 Å². The Morgan fingerprint density at radius 1 is 0.962 bits per heavy atom. The highest BCUT2D eigenvalue weighted by atomic mass is 16.4. The Morgan fingerprint density at radius 3 is 2.23 bits per heavy atom. The van der Waals surface area contributed by atoms with E-state index >= 15 is 0 Å². The third-order valence-electron chi connectivity index (χ3n) is 4.47. The molecule has 2 aromatic carbocycles. The van der Waals surface area contributed by atoms with E-state index in [4.69, 9.17) is 0 Å². The summed E-state index contributed by atoms with van der Waals surface area (Å²) in [6, 6.07) is 19.1. The lowest BCUT2D eigenvalue weighted by Crippen LogP contribution is -2.31. The van der Waals surface area contributed by atoms with Crippen molar-refractivity contribution in [3.8, 4) is 23.0 Å². The van der Waals surface area contributed by atoms with Crippen LogP contribution in [0.5, 0.6) is 0 Å². The molecule has 3 rings (SSSR count). The molecule has 1 atom stereocenters. The molecule has 1 unspecified atom stereocenters. The van der Waals surface area contributed by atoms with Gasteiger partial charge in [-0.1, -0.05) is 60.4 Å². The van der Waals surface area contributed by atoms with Crippen LogP contribution in [0.15, 0.2) is 73.1 Å².